The van der Waals surface area contributed by atoms with E-state index in [4.69, 9.17) is 0 Å². The lowest BCUT2D eigenvalue weighted by Crippen LogP contribution is -2.44. The second-order valence-electron chi connectivity index (χ2n) is 4.44. The van der Waals surface area contributed by atoms with Crippen molar-refractivity contribution in [2.45, 2.75) is 25.8 Å². The Morgan fingerprint density at radius 3 is 2.88 bits per heavy atom. The van der Waals surface area contributed by atoms with Crippen molar-refractivity contribution in [3.05, 3.63) is 29.3 Å². The van der Waals surface area contributed by atoms with Crippen molar-refractivity contribution in [3.63, 3.8) is 0 Å². The Labute approximate surface area is 94.0 Å². The first-order valence-corrected chi connectivity index (χ1v) is 5.17. The van der Waals surface area contributed by atoms with Crippen LogP contribution in [0, 0.1) is 0 Å². The van der Waals surface area contributed by atoms with Crippen LogP contribution in [0.15, 0.2) is 18.2 Å². The van der Waals surface area contributed by atoms with E-state index >= 15 is 0 Å². The van der Waals surface area contributed by atoms with E-state index in [0.29, 0.717) is 13.0 Å². The minimum atomic E-state index is -0.507. The molecule has 4 heteroatoms. The third-order valence-electron chi connectivity index (χ3n) is 3.01. The van der Waals surface area contributed by atoms with Gasteiger partial charge in [-0.05, 0) is 37.1 Å². The lowest BCUT2D eigenvalue weighted by Gasteiger charge is -2.31. The molecule has 0 saturated carbocycles. The number of anilines is 1. The van der Waals surface area contributed by atoms with Gasteiger partial charge in [-0.15, -0.1) is 0 Å². The number of hydrogen-bond acceptors (Lipinski definition) is 2. The van der Waals surface area contributed by atoms with Gasteiger partial charge in [-0.1, -0.05) is 6.07 Å². The van der Waals surface area contributed by atoms with E-state index in [1.54, 1.807) is 0 Å². The highest BCUT2D eigenvalue weighted by Gasteiger charge is 2.35. The molecule has 0 unspecified atom stereocenters. The van der Waals surface area contributed by atoms with Crippen LogP contribution in [0.2, 0.25) is 0 Å². The zero-order chi connectivity index (χ0) is 11.8. The summed E-state index contributed by atoms with van der Waals surface area (Å²) in [4.78, 5) is 22.0. The molecule has 0 aromatic heterocycles. The van der Waals surface area contributed by atoms with Crippen LogP contribution in [0.4, 0.5) is 5.69 Å². The fraction of sp³-hybridized carbons (Fsp3) is 0.333. The van der Waals surface area contributed by atoms with Crippen molar-refractivity contribution < 1.29 is 9.59 Å². The molecule has 1 aromatic carbocycles. The fourth-order valence-electron chi connectivity index (χ4n) is 2.03. The summed E-state index contributed by atoms with van der Waals surface area (Å²) in [5, 5.41) is 5.45. The molecule has 1 aliphatic heterocycles. The molecule has 4 nitrogen and oxygen atoms in total. The van der Waals surface area contributed by atoms with Gasteiger partial charge in [-0.25, -0.2) is 0 Å². The van der Waals surface area contributed by atoms with Crippen LogP contribution < -0.4 is 10.6 Å². The molecule has 1 heterocycles. The van der Waals surface area contributed by atoms with Crippen molar-refractivity contribution in [2.24, 2.45) is 0 Å². The smallest absolute Gasteiger partial charge is 0.230 e. The first-order chi connectivity index (χ1) is 7.55. The average Bonchev–Trinajstić information content (AvgIpc) is 2.24. The highest BCUT2D eigenvalue weighted by Crippen LogP contribution is 2.31. The summed E-state index contributed by atoms with van der Waals surface area (Å²) in [6.45, 7) is 4.31. The highest BCUT2D eigenvalue weighted by molar-refractivity contribution is 5.89. The fourth-order valence-corrected chi connectivity index (χ4v) is 2.03. The standard InChI is InChI=1S/C12H14N2O2/c1-12(2)10-4-3-9(14-7-15)5-8(10)6-13-11(12)16/h3-5,7H,6H2,1-2H3,(H,13,16)(H,14,15). The first-order valence-electron chi connectivity index (χ1n) is 5.17. The molecule has 16 heavy (non-hydrogen) atoms. The third kappa shape index (κ3) is 1.56. The summed E-state index contributed by atoms with van der Waals surface area (Å²) in [6.07, 6.45) is 0.647. The van der Waals surface area contributed by atoms with Crippen molar-refractivity contribution >= 4 is 18.0 Å². The van der Waals surface area contributed by atoms with Gasteiger partial charge in [-0.2, -0.15) is 0 Å². The van der Waals surface area contributed by atoms with Gasteiger partial charge in [0, 0.05) is 12.2 Å². The molecule has 1 aromatic rings. The van der Waals surface area contributed by atoms with Crippen molar-refractivity contribution in [1.82, 2.24) is 5.32 Å². The van der Waals surface area contributed by atoms with Gasteiger partial charge >= 0.3 is 0 Å². The van der Waals surface area contributed by atoms with Gasteiger partial charge < -0.3 is 10.6 Å². The molecule has 1 aliphatic rings. The largest absolute Gasteiger partial charge is 0.351 e. The number of fused-ring (bicyclic) bond motifs is 1. The molecule has 0 radical (unpaired) electrons. The summed E-state index contributed by atoms with van der Waals surface area (Å²) in [7, 11) is 0. The van der Waals surface area contributed by atoms with Crippen LogP contribution in [0.1, 0.15) is 25.0 Å². The number of nitrogens with one attached hydrogen (secondary N) is 2. The Balaban J connectivity index is 2.46. The van der Waals surface area contributed by atoms with E-state index in [2.05, 4.69) is 10.6 Å². The predicted molar refractivity (Wildman–Crippen MR) is 61.0 cm³/mol. The molecule has 0 fully saturated rings. The number of carbonyl (C=O) groups excluding carboxylic acids is 2. The monoisotopic (exact) mass is 218 g/mol. The SMILES string of the molecule is CC1(C)C(=O)NCc2cc(NC=O)ccc21. The summed E-state index contributed by atoms with van der Waals surface area (Å²) in [5.74, 6) is 0.0381. The first kappa shape index (κ1) is 10.7. The van der Waals surface area contributed by atoms with Crippen LogP contribution in [0.5, 0.6) is 0 Å². The number of benzene rings is 1. The molecule has 0 atom stereocenters. The quantitative estimate of drug-likeness (QED) is 0.732. The van der Waals surface area contributed by atoms with E-state index < -0.39 is 5.41 Å². The minimum absolute atomic E-state index is 0.0381. The summed E-state index contributed by atoms with van der Waals surface area (Å²) < 4.78 is 0. The topological polar surface area (TPSA) is 58.2 Å². The van der Waals surface area contributed by atoms with Crippen LogP contribution in [-0.4, -0.2) is 12.3 Å². The second-order valence-corrected chi connectivity index (χ2v) is 4.44. The maximum Gasteiger partial charge on any atom is 0.230 e. The lowest BCUT2D eigenvalue weighted by molar-refractivity contribution is -0.126. The van der Waals surface area contributed by atoms with Gasteiger partial charge in [0.1, 0.15) is 0 Å². The van der Waals surface area contributed by atoms with Gasteiger partial charge in [0.05, 0.1) is 5.41 Å². The molecule has 2 rings (SSSR count). The van der Waals surface area contributed by atoms with E-state index in [0.717, 1.165) is 16.8 Å². The van der Waals surface area contributed by atoms with Crippen LogP contribution in [0.25, 0.3) is 0 Å². The average molecular weight is 218 g/mol. The molecule has 84 valence electrons. The van der Waals surface area contributed by atoms with Crippen molar-refractivity contribution in [2.75, 3.05) is 5.32 Å². The maximum absolute atomic E-state index is 11.7. The lowest BCUT2D eigenvalue weighted by atomic mass is 9.78. The second kappa shape index (κ2) is 3.63. The molecule has 2 N–H and O–H groups in total. The molecular weight excluding hydrogens is 204 g/mol. The van der Waals surface area contributed by atoms with Crippen LogP contribution in [0.3, 0.4) is 0 Å². The third-order valence-corrected chi connectivity index (χ3v) is 3.01. The van der Waals surface area contributed by atoms with Gasteiger partial charge in [0.15, 0.2) is 0 Å². The van der Waals surface area contributed by atoms with E-state index in [-0.39, 0.29) is 5.91 Å². The summed E-state index contributed by atoms with van der Waals surface area (Å²) in [5.41, 5.74) is 2.32. The number of carbonyl (C=O) groups is 2. The Kier molecular flexibility index (Phi) is 2.42. The number of rotatable bonds is 2. The predicted octanol–water partition coefficient (Wildman–Crippen LogP) is 1.16. The summed E-state index contributed by atoms with van der Waals surface area (Å²) >= 11 is 0. The molecule has 0 aliphatic carbocycles. The minimum Gasteiger partial charge on any atom is -0.351 e. The Hall–Kier alpha value is -1.84. The number of hydrogen-bond donors (Lipinski definition) is 2. The molecular formula is C12H14N2O2. The van der Waals surface area contributed by atoms with Crippen LogP contribution >= 0.6 is 0 Å². The molecule has 0 saturated heterocycles. The van der Waals surface area contributed by atoms with E-state index in [1.807, 2.05) is 32.0 Å². The Morgan fingerprint density at radius 1 is 1.44 bits per heavy atom. The van der Waals surface area contributed by atoms with Crippen molar-refractivity contribution in [3.8, 4) is 0 Å². The zero-order valence-corrected chi connectivity index (χ0v) is 9.33. The van der Waals surface area contributed by atoms with Gasteiger partial charge in [0.25, 0.3) is 0 Å². The summed E-state index contributed by atoms with van der Waals surface area (Å²) in [6, 6.07) is 5.61. The van der Waals surface area contributed by atoms with Crippen LogP contribution in [-0.2, 0) is 21.5 Å². The Morgan fingerprint density at radius 2 is 2.19 bits per heavy atom. The van der Waals surface area contributed by atoms with Gasteiger partial charge in [0.2, 0.25) is 12.3 Å². The molecule has 0 spiro atoms. The Bertz CT molecular complexity index is 452. The molecule has 2 amide bonds. The van der Waals surface area contributed by atoms with Crippen molar-refractivity contribution in [1.29, 1.82) is 0 Å². The maximum atomic E-state index is 11.7. The molecule has 0 bridgehead atoms. The normalized spacial score (nSPS) is 17.2. The number of amides is 2. The van der Waals surface area contributed by atoms with Gasteiger partial charge in [-0.3, -0.25) is 9.59 Å². The highest BCUT2D eigenvalue weighted by atomic mass is 16.2. The van der Waals surface area contributed by atoms with E-state index in [9.17, 15) is 9.59 Å². The van der Waals surface area contributed by atoms with E-state index in [1.165, 1.54) is 0 Å². The zero-order valence-electron chi connectivity index (χ0n) is 9.33.